The summed E-state index contributed by atoms with van der Waals surface area (Å²) >= 11 is 1.58. The van der Waals surface area contributed by atoms with E-state index in [-0.39, 0.29) is 5.70 Å². The van der Waals surface area contributed by atoms with Crippen LogP contribution >= 0.6 is 11.8 Å². The highest BCUT2D eigenvalue weighted by atomic mass is 32.2. The van der Waals surface area contributed by atoms with Gasteiger partial charge in [-0.3, -0.25) is 5.01 Å². The first-order valence-electron chi connectivity index (χ1n) is 11.9. The van der Waals surface area contributed by atoms with Crippen molar-refractivity contribution >= 4 is 23.1 Å². The minimum atomic E-state index is -4.84. The largest absolute Gasteiger partial charge is 0.573 e. The fourth-order valence-corrected chi connectivity index (χ4v) is 4.54. The Kier molecular flexibility index (Phi) is 8.13. The molecule has 4 aromatic rings. The smallest absolute Gasteiger partial charge is 0.406 e. The summed E-state index contributed by atoms with van der Waals surface area (Å²) in [4.78, 5) is 1.04. The summed E-state index contributed by atoms with van der Waals surface area (Å²) in [5, 5.41) is 5.37. The van der Waals surface area contributed by atoms with Gasteiger partial charge in [-0.15, -0.1) is 24.9 Å². The number of hydrogen-bond acceptors (Lipinski definition) is 6. The lowest BCUT2D eigenvalue weighted by Crippen LogP contribution is -2.31. The van der Waals surface area contributed by atoms with Gasteiger partial charge < -0.3 is 10.5 Å². The van der Waals surface area contributed by atoms with Gasteiger partial charge in [0, 0.05) is 29.3 Å². The SMILES string of the molecule is CSc1cccc(-c2ccc(-n3nc(C(C)(F)F)cc3C)c(N(N)/C(=C\N)c3ccc(OC(F)(F)F)cc3)c2)c1. The van der Waals surface area contributed by atoms with E-state index >= 15 is 0 Å². The summed E-state index contributed by atoms with van der Waals surface area (Å²) in [6.07, 6.45) is -1.68. The van der Waals surface area contributed by atoms with Crippen LogP contribution in [-0.2, 0) is 5.92 Å². The zero-order chi connectivity index (χ0) is 29.2. The number of aromatic nitrogens is 2. The second-order valence-corrected chi connectivity index (χ2v) is 9.78. The van der Waals surface area contributed by atoms with Crippen molar-refractivity contribution in [3.63, 3.8) is 0 Å². The molecule has 0 amide bonds. The second-order valence-electron chi connectivity index (χ2n) is 8.90. The molecule has 40 heavy (non-hydrogen) atoms. The minimum Gasteiger partial charge on any atom is -0.406 e. The zero-order valence-electron chi connectivity index (χ0n) is 21.7. The number of halogens is 5. The molecule has 0 aliphatic heterocycles. The van der Waals surface area contributed by atoms with E-state index in [0.717, 1.165) is 35.1 Å². The predicted octanol–water partition coefficient (Wildman–Crippen LogP) is 7.22. The van der Waals surface area contributed by atoms with Gasteiger partial charge in [0.1, 0.15) is 11.4 Å². The van der Waals surface area contributed by atoms with Crippen LogP contribution in [0.3, 0.4) is 0 Å². The first-order chi connectivity index (χ1) is 18.8. The summed E-state index contributed by atoms with van der Waals surface area (Å²) in [5.74, 6) is 3.01. The van der Waals surface area contributed by atoms with E-state index in [1.54, 1.807) is 30.8 Å². The third-order valence-corrected chi connectivity index (χ3v) is 6.73. The van der Waals surface area contributed by atoms with Crippen molar-refractivity contribution in [3.8, 4) is 22.6 Å². The first kappa shape index (κ1) is 29.0. The van der Waals surface area contributed by atoms with Crippen molar-refractivity contribution in [1.29, 1.82) is 0 Å². The fraction of sp³-hybridized carbons (Fsp3) is 0.179. The molecule has 0 saturated carbocycles. The molecule has 0 saturated heterocycles. The molecule has 0 aliphatic carbocycles. The fourth-order valence-electron chi connectivity index (χ4n) is 4.08. The maximum absolute atomic E-state index is 14.1. The van der Waals surface area contributed by atoms with E-state index in [1.807, 2.05) is 36.6 Å². The minimum absolute atomic E-state index is 0.237. The maximum atomic E-state index is 14.1. The molecule has 1 heterocycles. The van der Waals surface area contributed by atoms with E-state index in [0.29, 0.717) is 22.6 Å². The molecule has 0 atom stereocenters. The van der Waals surface area contributed by atoms with Crippen molar-refractivity contribution in [2.75, 3.05) is 11.3 Å². The van der Waals surface area contributed by atoms with Crippen LogP contribution in [-0.4, -0.2) is 22.4 Å². The first-order valence-corrected chi connectivity index (χ1v) is 13.1. The van der Waals surface area contributed by atoms with Crippen LogP contribution in [0.2, 0.25) is 0 Å². The number of nitrogens with zero attached hydrogens (tertiary/aromatic N) is 3. The number of hydrogen-bond donors (Lipinski definition) is 2. The van der Waals surface area contributed by atoms with Crippen LogP contribution in [0.25, 0.3) is 22.5 Å². The van der Waals surface area contributed by atoms with Crippen LogP contribution < -0.4 is 21.3 Å². The van der Waals surface area contributed by atoms with Gasteiger partial charge in [-0.1, -0.05) is 18.2 Å². The molecule has 0 spiro atoms. The van der Waals surface area contributed by atoms with Gasteiger partial charge >= 0.3 is 6.36 Å². The number of benzene rings is 3. The van der Waals surface area contributed by atoms with Crippen LogP contribution in [0, 0.1) is 6.92 Å². The highest BCUT2D eigenvalue weighted by Gasteiger charge is 2.31. The summed E-state index contributed by atoms with van der Waals surface area (Å²) in [7, 11) is 0. The van der Waals surface area contributed by atoms with Crippen LogP contribution in [0.4, 0.5) is 27.6 Å². The molecule has 4 N–H and O–H groups in total. The monoisotopic (exact) mass is 575 g/mol. The number of rotatable bonds is 8. The molecule has 0 fully saturated rings. The summed E-state index contributed by atoms with van der Waals surface area (Å²) in [5.41, 5.74) is 8.99. The number of anilines is 1. The van der Waals surface area contributed by atoms with Crippen molar-refractivity contribution in [3.05, 3.63) is 95.9 Å². The van der Waals surface area contributed by atoms with Gasteiger partial charge in [0.15, 0.2) is 0 Å². The zero-order valence-corrected chi connectivity index (χ0v) is 22.5. The third kappa shape index (κ3) is 6.40. The number of hydrazine groups is 1. The average Bonchev–Trinajstić information content (AvgIpc) is 3.31. The molecule has 0 aliphatic rings. The third-order valence-electron chi connectivity index (χ3n) is 6.00. The van der Waals surface area contributed by atoms with Crippen LogP contribution in [0.15, 0.2) is 83.9 Å². The number of thioether (sulfide) groups is 1. The van der Waals surface area contributed by atoms with Gasteiger partial charge in [-0.05, 0) is 78.9 Å². The molecule has 1 aromatic heterocycles. The Morgan fingerprint density at radius 3 is 2.23 bits per heavy atom. The van der Waals surface area contributed by atoms with E-state index < -0.39 is 23.7 Å². The molecule has 3 aromatic carbocycles. The van der Waals surface area contributed by atoms with Gasteiger partial charge in [0.05, 0.1) is 17.1 Å². The molecule has 12 heteroatoms. The van der Waals surface area contributed by atoms with Gasteiger partial charge in [-0.2, -0.15) is 13.9 Å². The lowest BCUT2D eigenvalue weighted by atomic mass is 10.0. The standard InChI is InChI=1S/C28H26F5N5OS/c1-17-13-26(27(2,29)30)36-38(17)23-12-9-20(19-5-4-6-22(14-19)40-3)15-24(23)37(35)25(16-34)18-7-10-21(11-8-18)39-28(31,32)33/h4-16H,34-35H2,1-3H3/b25-16-. The quantitative estimate of drug-likeness (QED) is 0.1000. The normalized spacial score (nSPS) is 12.5. The highest BCUT2D eigenvalue weighted by molar-refractivity contribution is 7.98. The molecular formula is C28H26F5N5OS. The number of nitrogens with two attached hydrogens (primary N) is 2. The molecule has 0 radical (unpaired) electrons. The predicted molar refractivity (Wildman–Crippen MR) is 147 cm³/mol. The summed E-state index contributed by atoms with van der Waals surface area (Å²) in [6.45, 7) is 2.40. The Labute approximate surface area is 232 Å². The summed E-state index contributed by atoms with van der Waals surface area (Å²) in [6, 6.07) is 19.4. The molecular weight excluding hydrogens is 549 g/mol. The Balaban J connectivity index is 1.84. The van der Waals surface area contributed by atoms with Gasteiger partial charge in [0.2, 0.25) is 0 Å². The Morgan fingerprint density at radius 1 is 0.975 bits per heavy atom. The van der Waals surface area contributed by atoms with Crippen LogP contribution in [0.1, 0.15) is 23.9 Å². The van der Waals surface area contributed by atoms with Crippen molar-refractivity contribution in [2.45, 2.75) is 31.0 Å². The Hall–Kier alpha value is -4.03. The highest BCUT2D eigenvalue weighted by Crippen LogP contribution is 2.36. The average molecular weight is 576 g/mol. The van der Waals surface area contributed by atoms with Crippen molar-refractivity contribution < 1.29 is 26.7 Å². The Bertz CT molecular complexity index is 1530. The lowest BCUT2D eigenvalue weighted by molar-refractivity contribution is -0.274. The topological polar surface area (TPSA) is 82.3 Å². The van der Waals surface area contributed by atoms with Gasteiger partial charge in [-0.25, -0.2) is 10.5 Å². The number of aryl methyl sites for hydroxylation is 1. The van der Waals surface area contributed by atoms with E-state index in [2.05, 4.69) is 9.84 Å². The second kappa shape index (κ2) is 11.2. The number of alkyl halides is 5. The van der Waals surface area contributed by atoms with Gasteiger partial charge in [0.25, 0.3) is 5.92 Å². The van der Waals surface area contributed by atoms with E-state index in [1.165, 1.54) is 34.1 Å². The maximum Gasteiger partial charge on any atom is 0.573 e. The Morgan fingerprint density at radius 2 is 1.65 bits per heavy atom. The van der Waals surface area contributed by atoms with E-state index in [9.17, 15) is 22.0 Å². The molecule has 210 valence electrons. The summed E-state index contributed by atoms with van der Waals surface area (Å²) < 4.78 is 71.4. The molecule has 0 bridgehead atoms. The number of ether oxygens (including phenoxy) is 1. The van der Waals surface area contributed by atoms with Crippen LogP contribution in [0.5, 0.6) is 5.75 Å². The molecule has 4 rings (SSSR count). The van der Waals surface area contributed by atoms with E-state index in [4.69, 9.17) is 11.6 Å². The molecule has 6 nitrogen and oxygen atoms in total. The molecule has 0 unspecified atom stereocenters. The lowest BCUT2D eigenvalue weighted by Gasteiger charge is -2.26. The van der Waals surface area contributed by atoms with Crippen molar-refractivity contribution in [1.82, 2.24) is 9.78 Å². The van der Waals surface area contributed by atoms with Crippen molar-refractivity contribution in [2.24, 2.45) is 11.6 Å².